The number of fused-ring (bicyclic) bond motifs is 4. The van der Waals surface area contributed by atoms with E-state index in [0.717, 1.165) is 4.90 Å². The molecule has 2 aromatic carbocycles. The number of rotatable bonds is 6. The lowest BCUT2D eigenvalue weighted by Gasteiger charge is -2.49. The van der Waals surface area contributed by atoms with Crippen molar-refractivity contribution in [2.24, 2.45) is 29.1 Å². The Morgan fingerprint density at radius 3 is 2.41 bits per heavy atom. The number of imide groups is 2. The van der Waals surface area contributed by atoms with Crippen LogP contribution in [0.4, 0.5) is 5.69 Å². The number of phenolic OH excluding ortho intramolecular Hbond substituents is 1. The Morgan fingerprint density at radius 1 is 1.00 bits per heavy atom. The van der Waals surface area contributed by atoms with Gasteiger partial charge in [-0.2, -0.15) is 0 Å². The second kappa shape index (κ2) is 9.57. The molecule has 212 valence electrons. The average molecular weight is 559 g/mol. The Morgan fingerprint density at radius 2 is 1.73 bits per heavy atom. The molecule has 0 bridgehead atoms. The van der Waals surface area contributed by atoms with Gasteiger partial charge in [0.15, 0.2) is 0 Å². The van der Waals surface area contributed by atoms with Gasteiger partial charge in [0, 0.05) is 18.0 Å². The van der Waals surface area contributed by atoms with Gasteiger partial charge in [0.1, 0.15) is 11.5 Å². The lowest BCUT2D eigenvalue weighted by Crippen LogP contribution is -2.49. The third kappa shape index (κ3) is 3.73. The maximum absolute atomic E-state index is 14.4. The summed E-state index contributed by atoms with van der Waals surface area (Å²) in [6.45, 7) is 1.51. The highest BCUT2D eigenvalue weighted by Crippen LogP contribution is 2.65. The molecule has 4 aliphatic rings. The Labute approximate surface area is 236 Å². The summed E-state index contributed by atoms with van der Waals surface area (Å²) in [6.07, 6.45) is 1.90. The summed E-state index contributed by atoms with van der Waals surface area (Å²) in [4.78, 5) is 68.9. The van der Waals surface area contributed by atoms with E-state index in [1.807, 2.05) is 6.08 Å². The first kappa shape index (κ1) is 26.7. The Kier molecular flexibility index (Phi) is 6.24. The van der Waals surface area contributed by atoms with Gasteiger partial charge in [-0.25, -0.2) is 4.90 Å². The second-order valence-electron chi connectivity index (χ2n) is 11.4. The number of methoxy groups -OCH3 is 1. The summed E-state index contributed by atoms with van der Waals surface area (Å²) in [5, 5.41) is 20.3. The number of carboxylic acid groups (broad SMARTS) is 1. The zero-order chi connectivity index (χ0) is 29.2. The fourth-order valence-electron chi connectivity index (χ4n) is 7.64. The minimum atomic E-state index is -1.32. The molecule has 3 fully saturated rings. The van der Waals surface area contributed by atoms with Crippen LogP contribution >= 0.6 is 0 Å². The zero-order valence-electron chi connectivity index (χ0n) is 22.6. The standard InChI is InChI=1S/C31H30N2O8/c1-31-20(28(38)33(30(31)40)16-7-4-3-5-8-16)15-19-17(26(31)25-21(34)9-6-10-22(25)41-2)11-12-18-24(19)29(39)32(27(18)37)14-13-23(35)36/h3-11,18-20,24,26,34H,12-15H2,1-2H3,(H,35,36). The highest BCUT2D eigenvalue weighted by atomic mass is 16.5. The number of allylic oxidation sites excluding steroid dienone is 2. The summed E-state index contributed by atoms with van der Waals surface area (Å²) in [6, 6.07) is 13.5. The number of ether oxygens (including phenoxy) is 1. The molecule has 10 heteroatoms. The zero-order valence-corrected chi connectivity index (χ0v) is 22.6. The van der Waals surface area contributed by atoms with E-state index in [9.17, 15) is 29.1 Å². The van der Waals surface area contributed by atoms with Crippen LogP contribution in [0.25, 0.3) is 0 Å². The van der Waals surface area contributed by atoms with Gasteiger partial charge in [0.25, 0.3) is 0 Å². The Hall–Kier alpha value is -4.47. The van der Waals surface area contributed by atoms with Crippen LogP contribution < -0.4 is 9.64 Å². The molecular weight excluding hydrogens is 528 g/mol. The molecule has 2 aliphatic heterocycles. The molecule has 1 saturated carbocycles. The first-order chi connectivity index (χ1) is 19.6. The third-order valence-corrected chi connectivity index (χ3v) is 9.48. The van der Waals surface area contributed by atoms with Gasteiger partial charge in [0.2, 0.25) is 23.6 Å². The number of nitrogens with zero attached hydrogens (tertiary/aromatic N) is 2. The minimum absolute atomic E-state index is 0.103. The lowest BCUT2D eigenvalue weighted by molar-refractivity contribution is -0.142. The van der Waals surface area contributed by atoms with Crippen LogP contribution in [0.2, 0.25) is 0 Å². The van der Waals surface area contributed by atoms with Crippen molar-refractivity contribution in [1.82, 2.24) is 4.90 Å². The summed E-state index contributed by atoms with van der Waals surface area (Å²) >= 11 is 0. The number of hydrogen-bond donors (Lipinski definition) is 2. The Balaban J connectivity index is 1.52. The molecule has 0 aromatic heterocycles. The monoisotopic (exact) mass is 558 g/mol. The van der Waals surface area contributed by atoms with Crippen molar-refractivity contribution >= 4 is 35.3 Å². The molecule has 6 atom stereocenters. The van der Waals surface area contributed by atoms with E-state index in [1.165, 1.54) is 18.1 Å². The molecule has 10 nitrogen and oxygen atoms in total. The Bertz CT molecular complexity index is 1520. The first-order valence-electron chi connectivity index (χ1n) is 13.7. The topological polar surface area (TPSA) is 142 Å². The van der Waals surface area contributed by atoms with Crippen molar-refractivity contribution in [3.05, 3.63) is 65.7 Å². The van der Waals surface area contributed by atoms with Crippen LogP contribution in [-0.4, -0.2) is 58.4 Å². The van der Waals surface area contributed by atoms with Gasteiger partial charge in [0.05, 0.1) is 42.4 Å². The number of aromatic hydroxyl groups is 1. The number of benzene rings is 2. The summed E-state index contributed by atoms with van der Waals surface area (Å²) < 4.78 is 5.64. The molecule has 6 rings (SSSR count). The van der Waals surface area contributed by atoms with E-state index in [2.05, 4.69) is 0 Å². The molecule has 6 unspecified atom stereocenters. The van der Waals surface area contributed by atoms with Crippen LogP contribution in [0, 0.1) is 29.1 Å². The number of likely N-dealkylation sites (tertiary alicyclic amines) is 1. The predicted octanol–water partition coefficient (Wildman–Crippen LogP) is 3.11. The van der Waals surface area contributed by atoms with Crippen molar-refractivity contribution in [2.45, 2.75) is 32.1 Å². The number of hydrogen-bond acceptors (Lipinski definition) is 7. The first-order valence-corrected chi connectivity index (χ1v) is 13.7. The number of amides is 4. The van der Waals surface area contributed by atoms with Gasteiger partial charge < -0.3 is 14.9 Å². The number of carbonyl (C=O) groups excluding carboxylic acids is 4. The number of aliphatic carboxylic acids is 1. The van der Waals surface area contributed by atoms with Gasteiger partial charge in [-0.3, -0.25) is 28.9 Å². The number of carbonyl (C=O) groups is 5. The second-order valence-corrected chi connectivity index (χ2v) is 11.4. The molecule has 2 N–H and O–H groups in total. The van der Waals surface area contributed by atoms with Crippen LogP contribution in [-0.2, 0) is 24.0 Å². The molecule has 2 aromatic rings. The van der Waals surface area contributed by atoms with Gasteiger partial charge in [-0.05, 0) is 49.9 Å². The number of phenols is 1. The van der Waals surface area contributed by atoms with E-state index in [0.29, 0.717) is 22.6 Å². The van der Waals surface area contributed by atoms with Crippen LogP contribution in [0.3, 0.4) is 0 Å². The highest BCUT2D eigenvalue weighted by molar-refractivity contribution is 6.24. The van der Waals surface area contributed by atoms with E-state index in [-0.39, 0.29) is 31.6 Å². The quantitative estimate of drug-likeness (QED) is 0.407. The molecule has 2 aliphatic carbocycles. The largest absolute Gasteiger partial charge is 0.508 e. The highest BCUT2D eigenvalue weighted by Gasteiger charge is 2.68. The van der Waals surface area contributed by atoms with Crippen LogP contribution in [0.5, 0.6) is 11.5 Å². The van der Waals surface area contributed by atoms with E-state index < -0.39 is 64.6 Å². The van der Waals surface area contributed by atoms with Crippen molar-refractivity contribution in [2.75, 3.05) is 18.6 Å². The van der Waals surface area contributed by atoms with E-state index in [1.54, 1.807) is 49.4 Å². The SMILES string of the molecule is COc1cccc(O)c1C1C2=CCC3C(=O)N(CCC(=O)O)C(=O)C3C2CC2C(=O)N(c3ccccc3)C(=O)C21C. The molecule has 2 saturated heterocycles. The van der Waals surface area contributed by atoms with Gasteiger partial charge in [-0.15, -0.1) is 0 Å². The third-order valence-electron chi connectivity index (χ3n) is 9.48. The van der Waals surface area contributed by atoms with Crippen molar-refractivity contribution in [3.8, 4) is 11.5 Å². The molecule has 2 heterocycles. The molecular formula is C31H30N2O8. The van der Waals surface area contributed by atoms with Gasteiger partial charge in [-0.1, -0.05) is 35.9 Å². The molecule has 4 amide bonds. The fraction of sp³-hybridized carbons (Fsp3) is 0.387. The van der Waals surface area contributed by atoms with Crippen molar-refractivity contribution < 1.29 is 38.9 Å². The van der Waals surface area contributed by atoms with Crippen molar-refractivity contribution in [1.29, 1.82) is 0 Å². The van der Waals surface area contributed by atoms with Crippen LogP contribution in [0.1, 0.15) is 37.7 Å². The maximum Gasteiger partial charge on any atom is 0.305 e. The minimum Gasteiger partial charge on any atom is -0.508 e. The fourth-order valence-corrected chi connectivity index (χ4v) is 7.64. The van der Waals surface area contributed by atoms with Crippen molar-refractivity contribution in [3.63, 3.8) is 0 Å². The lowest BCUT2D eigenvalue weighted by atomic mass is 9.51. The average Bonchev–Trinajstić information content (AvgIpc) is 3.32. The van der Waals surface area contributed by atoms with Crippen LogP contribution in [0.15, 0.2) is 60.2 Å². The molecule has 0 spiro atoms. The normalized spacial score (nSPS) is 30.6. The number of carboxylic acids is 1. The summed E-state index contributed by atoms with van der Waals surface area (Å²) in [5.74, 6) is -6.27. The predicted molar refractivity (Wildman–Crippen MR) is 145 cm³/mol. The molecule has 41 heavy (non-hydrogen) atoms. The maximum atomic E-state index is 14.4. The smallest absolute Gasteiger partial charge is 0.305 e. The van der Waals surface area contributed by atoms with Gasteiger partial charge >= 0.3 is 5.97 Å². The van der Waals surface area contributed by atoms with E-state index in [4.69, 9.17) is 9.84 Å². The van der Waals surface area contributed by atoms with E-state index >= 15 is 0 Å². The number of para-hydroxylation sites is 1. The summed E-state index contributed by atoms with van der Waals surface area (Å²) in [5.41, 5.74) is 0.181. The summed E-state index contributed by atoms with van der Waals surface area (Å²) in [7, 11) is 1.46. The number of anilines is 1. The molecule has 0 radical (unpaired) electrons.